The van der Waals surface area contributed by atoms with Gasteiger partial charge in [0.05, 0.1) is 25.6 Å². The highest BCUT2D eigenvalue weighted by atomic mass is 16.5. The van der Waals surface area contributed by atoms with Crippen molar-refractivity contribution in [2.75, 3.05) is 25.6 Å². The summed E-state index contributed by atoms with van der Waals surface area (Å²) in [6, 6.07) is 0. The molecule has 0 unspecified atom stereocenters. The summed E-state index contributed by atoms with van der Waals surface area (Å²) in [5.41, 5.74) is 6.45. The van der Waals surface area contributed by atoms with Crippen molar-refractivity contribution in [3.05, 3.63) is 6.33 Å². The molecule has 10 heteroatoms. The van der Waals surface area contributed by atoms with Crippen molar-refractivity contribution in [3.63, 3.8) is 0 Å². The lowest BCUT2D eigenvalue weighted by atomic mass is 10.2. The predicted molar refractivity (Wildman–Crippen MR) is 73.9 cm³/mol. The first-order valence-corrected chi connectivity index (χ1v) is 6.82. The van der Waals surface area contributed by atoms with E-state index in [0.717, 1.165) is 0 Å². The molecule has 22 heavy (non-hydrogen) atoms. The summed E-state index contributed by atoms with van der Waals surface area (Å²) in [5, 5.41) is 27.8. The average Bonchev–Trinajstić information content (AvgIpc) is 3.07. The fourth-order valence-electron chi connectivity index (χ4n) is 2.41. The van der Waals surface area contributed by atoms with Gasteiger partial charge in [0, 0.05) is 6.42 Å². The lowest BCUT2D eigenvalue weighted by molar-refractivity contribution is -0.0432. The van der Waals surface area contributed by atoms with E-state index in [1.54, 1.807) is 4.57 Å². The highest BCUT2D eigenvalue weighted by Gasteiger charge is 2.35. The number of nitrogen functional groups attached to an aromatic ring is 1. The van der Waals surface area contributed by atoms with Crippen LogP contribution in [0.5, 0.6) is 5.88 Å². The molecule has 0 aromatic carbocycles. The highest BCUT2D eigenvalue weighted by Crippen LogP contribution is 2.32. The molecule has 120 valence electrons. The fraction of sp³-hybridized carbons (Fsp3) is 0.583. The van der Waals surface area contributed by atoms with Gasteiger partial charge in [0.25, 0.3) is 0 Å². The minimum absolute atomic E-state index is 0.000515. The molecule has 0 spiro atoms. The molecule has 0 saturated carbocycles. The van der Waals surface area contributed by atoms with Crippen molar-refractivity contribution in [2.24, 2.45) is 0 Å². The molecule has 3 rings (SSSR count). The van der Waals surface area contributed by atoms with E-state index in [1.165, 1.54) is 6.33 Å². The summed E-state index contributed by atoms with van der Waals surface area (Å²) < 4.78 is 12.5. The maximum absolute atomic E-state index is 9.83. The molecular formula is C12H17N5O5. The van der Waals surface area contributed by atoms with Gasteiger partial charge in [-0.15, -0.1) is 0 Å². The average molecular weight is 311 g/mol. The molecule has 2 aromatic heterocycles. The molecule has 5 N–H and O–H groups in total. The predicted octanol–water partition coefficient (Wildman–Crippen LogP) is -1.58. The number of rotatable bonds is 5. The van der Waals surface area contributed by atoms with Crippen LogP contribution in [0.4, 0.5) is 5.95 Å². The van der Waals surface area contributed by atoms with Gasteiger partial charge in [0.15, 0.2) is 11.2 Å². The molecule has 0 aliphatic carbocycles. The quantitative estimate of drug-likeness (QED) is 0.513. The van der Waals surface area contributed by atoms with Gasteiger partial charge >= 0.3 is 0 Å². The SMILES string of the molecule is Nc1nc(OCCO)c2ncn([C@@H]3C[C@H](O)[C@H](CO)O3)c2n1. The summed E-state index contributed by atoms with van der Waals surface area (Å²) in [4.78, 5) is 12.3. The Morgan fingerprint density at radius 2 is 2.23 bits per heavy atom. The van der Waals surface area contributed by atoms with E-state index >= 15 is 0 Å². The second-order valence-electron chi connectivity index (χ2n) is 4.90. The van der Waals surface area contributed by atoms with Crippen molar-refractivity contribution in [1.82, 2.24) is 19.5 Å². The Balaban J connectivity index is 1.96. The molecule has 0 amide bonds. The first kappa shape index (κ1) is 14.9. The number of imidazole rings is 1. The van der Waals surface area contributed by atoms with Crippen LogP contribution in [0.1, 0.15) is 12.6 Å². The van der Waals surface area contributed by atoms with Gasteiger partial charge in [-0.3, -0.25) is 4.57 Å². The number of aromatic nitrogens is 4. The Bertz CT molecular complexity index is 663. The second-order valence-corrected chi connectivity index (χ2v) is 4.90. The molecular weight excluding hydrogens is 294 g/mol. The van der Waals surface area contributed by atoms with Crippen LogP contribution in [0.15, 0.2) is 6.33 Å². The van der Waals surface area contributed by atoms with Crippen molar-refractivity contribution in [1.29, 1.82) is 0 Å². The molecule has 2 aromatic rings. The van der Waals surface area contributed by atoms with E-state index in [-0.39, 0.29) is 31.6 Å². The van der Waals surface area contributed by atoms with Crippen LogP contribution in [0.25, 0.3) is 11.2 Å². The van der Waals surface area contributed by atoms with Gasteiger partial charge in [0.1, 0.15) is 18.9 Å². The zero-order chi connectivity index (χ0) is 15.7. The van der Waals surface area contributed by atoms with E-state index < -0.39 is 18.4 Å². The smallest absolute Gasteiger partial charge is 0.247 e. The molecule has 1 fully saturated rings. The van der Waals surface area contributed by atoms with Gasteiger partial charge in [-0.25, -0.2) is 4.98 Å². The highest BCUT2D eigenvalue weighted by molar-refractivity contribution is 5.77. The second kappa shape index (κ2) is 6.01. The first-order chi connectivity index (χ1) is 10.6. The maximum Gasteiger partial charge on any atom is 0.247 e. The third kappa shape index (κ3) is 2.57. The van der Waals surface area contributed by atoms with Crippen molar-refractivity contribution >= 4 is 17.1 Å². The molecule has 1 aliphatic rings. The molecule has 0 radical (unpaired) electrons. The lowest BCUT2D eigenvalue weighted by Crippen LogP contribution is -2.24. The van der Waals surface area contributed by atoms with Crippen molar-refractivity contribution < 1.29 is 24.8 Å². The number of aliphatic hydroxyl groups is 3. The van der Waals surface area contributed by atoms with E-state index in [2.05, 4.69) is 15.0 Å². The van der Waals surface area contributed by atoms with Crippen LogP contribution in [0.3, 0.4) is 0 Å². The van der Waals surface area contributed by atoms with Crippen molar-refractivity contribution in [2.45, 2.75) is 24.9 Å². The summed E-state index contributed by atoms with van der Waals surface area (Å²) in [7, 11) is 0. The lowest BCUT2D eigenvalue weighted by Gasteiger charge is -2.13. The molecule has 10 nitrogen and oxygen atoms in total. The Morgan fingerprint density at radius 3 is 2.91 bits per heavy atom. The van der Waals surface area contributed by atoms with Crippen molar-refractivity contribution in [3.8, 4) is 5.88 Å². The minimum Gasteiger partial charge on any atom is -0.474 e. The topological polar surface area (TPSA) is 149 Å². The largest absolute Gasteiger partial charge is 0.474 e. The zero-order valence-corrected chi connectivity index (χ0v) is 11.7. The summed E-state index contributed by atoms with van der Waals surface area (Å²) >= 11 is 0. The van der Waals surface area contributed by atoms with Crippen LogP contribution >= 0.6 is 0 Å². The van der Waals surface area contributed by atoms with Gasteiger partial charge < -0.3 is 30.5 Å². The number of nitrogens with two attached hydrogens (primary N) is 1. The standard InChI is InChI=1S/C12H17N5O5/c13-12-15-10-9(11(16-12)21-2-1-18)14-5-17(10)8-3-6(20)7(4-19)22-8/h5-8,18-20H,1-4H2,(H2,13,15,16)/t6-,7-,8-/m0/s1. The number of hydrogen-bond donors (Lipinski definition) is 4. The summed E-state index contributed by atoms with van der Waals surface area (Å²) in [6.07, 6.45) is -0.143. The monoisotopic (exact) mass is 311 g/mol. The number of hydrogen-bond acceptors (Lipinski definition) is 9. The molecule has 3 atom stereocenters. The van der Waals surface area contributed by atoms with E-state index in [9.17, 15) is 5.11 Å². The minimum atomic E-state index is -0.767. The van der Waals surface area contributed by atoms with Gasteiger partial charge in [-0.1, -0.05) is 0 Å². The Labute approximate surface area is 125 Å². The third-order valence-electron chi connectivity index (χ3n) is 3.43. The molecule has 1 saturated heterocycles. The zero-order valence-electron chi connectivity index (χ0n) is 11.7. The molecule has 1 aliphatic heterocycles. The maximum atomic E-state index is 9.83. The van der Waals surface area contributed by atoms with E-state index in [0.29, 0.717) is 17.6 Å². The Kier molecular flexibility index (Phi) is 4.07. The van der Waals surface area contributed by atoms with Crippen LogP contribution in [-0.2, 0) is 4.74 Å². The summed E-state index contributed by atoms with van der Waals surface area (Å²) in [5.74, 6) is 0.173. The number of nitrogens with zero attached hydrogens (tertiary/aromatic N) is 4. The third-order valence-corrected chi connectivity index (χ3v) is 3.43. The summed E-state index contributed by atoms with van der Waals surface area (Å²) in [6.45, 7) is -0.377. The molecule has 0 bridgehead atoms. The van der Waals surface area contributed by atoms with Crippen LogP contribution in [0.2, 0.25) is 0 Å². The Hall–Kier alpha value is -2.01. The van der Waals surface area contributed by atoms with Crippen LogP contribution in [-0.4, -0.2) is 66.9 Å². The van der Waals surface area contributed by atoms with Crippen LogP contribution < -0.4 is 10.5 Å². The van der Waals surface area contributed by atoms with E-state index in [1.807, 2.05) is 0 Å². The van der Waals surface area contributed by atoms with Gasteiger partial charge in [-0.05, 0) is 0 Å². The van der Waals surface area contributed by atoms with Crippen LogP contribution in [0, 0.1) is 0 Å². The number of fused-ring (bicyclic) bond motifs is 1. The Morgan fingerprint density at radius 1 is 1.41 bits per heavy atom. The first-order valence-electron chi connectivity index (χ1n) is 6.82. The number of ether oxygens (including phenoxy) is 2. The van der Waals surface area contributed by atoms with Gasteiger partial charge in [-0.2, -0.15) is 9.97 Å². The number of anilines is 1. The number of aliphatic hydroxyl groups excluding tert-OH is 3. The van der Waals surface area contributed by atoms with Gasteiger partial charge in [0.2, 0.25) is 11.8 Å². The van der Waals surface area contributed by atoms with E-state index in [4.69, 9.17) is 25.4 Å². The normalized spacial score (nSPS) is 25.0. The molecule has 3 heterocycles. The fourth-order valence-corrected chi connectivity index (χ4v) is 2.41.